The molecule has 1 aliphatic heterocycles. The molecular weight excluding hydrogens is 402 g/mol. The summed E-state index contributed by atoms with van der Waals surface area (Å²) in [4.78, 5) is 38.6. The van der Waals surface area contributed by atoms with Gasteiger partial charge in [0.25, 0.3) is 5.91 Å². The minimum atomic E-state index is -0.453. The molecule has 2 aromatic rings. The summed E-state index contributed by atoms with van der Waals surface area (Å²) in [6.45, 7) is 2.62. The van der Waals surface area contributed by atoms with Crippen molar-refractivity contribution < 1.29 is 14.4 Å². The minimum Gasteiger partial charge on any atom is -0.335 e. The zero-order valence-corrected chi connectivity index (χ0v) is 17.7. The molecule has 1 fully saturated rings. The maximum Gasteiger partial charge on any atom is 0.321 e. The van der Waals surface area contributed by atoms with E-state index < -0.39 is 11.9 Å². The number of carbonyl (C=O) groups is 3. The lowest BCUT2D eigenvalue weighted by atomic mass is 10.0. The Labute approximate surface area is 183 Å². The molecule has 7 heteroatoms. The molecular formula is C23H28ClN3O3. The van der Waals surface area contributed by atoms with Gasteiger partial charge in [-0.15, -0.1) is 12.4 Å². The van der Waals surface area contributed by atoms with Gasteiger partial charge in [0.1, 0.15) is 0 Å². The van der Waals surface area contributed by atoms with Crippen LogP contribution in [0.15, 0.2) is 60.7 Å². The number of benzene rings is 2. The Kier molecular flexibility index (Phi) is 9.51. The lowest BCUT2D eigenvalue weighted by Crippen LogP contribution is -2.49. The van der Waals surface area contributed by atoms with Crippen LogP contribution in [-0.2, 0) is 0 Å². The molecule has 0 unspecified atom stereocenters. The molecule has 1 heterocycles. The number of amides is 3. The van der Waals surface area contributed by atoms with Gasteiger partial charge in [0.15, 0.2) is 5.78 Å². The minimum absolute atomic E-state index is 0. The molecule has 2 aromatic carbocycles. The molecule has 1 saturated heterocycles. The van der Waals surface area contributed by atoms with E-state index in [0.717, 1.165) is 44.5 Å². The van der Waals surface area contributed by atoms with Gasteiger partial charge in [-0.1, -0.05) is 48.5 Å². The van der Waals surface area contributed by atoms with Crippen LogP contribution in [0.25, 0.3) is 0 Å². The second kappa shape index (κ2) is 12.1. The van der Waals surface area contributed by atoms with Crippen molar-refractivity contribution >= 4 is 30.1 Å². The van der Waals surface area contributed by atoms with Gasteiger partial charge >= 0.3 is 6.03 Å². The van der Waals surface area contributed by atoms with Gasteiger partial charge in [0.05, 0.1) is 0 Å². The molecule has 160 valence electrons. The van der Waals surface area contributed by atoms with Crippen LogP contribution >= 0.6 is 12.4 Å². The molecule has 0 aromatic heterocycles. The molecule has 0 aliphatic carbocycles. The van der Waals surface area contributed by atoms with Crippen LogP contribution in [-0.4, -0.2) is 48.3 Å². The van der Waals surface area contributed by atoms with Gasteiger partial charge in [-0.2, -0.15) is 0 Å². The number of carbonyl (C=O) groups excluding carboxylic acids is 3. The Bertz CT molecular complexity index is 822. The van der Waals surface area contributed by atoms with Crippen LogP contribution in [0.1, 0.15) is 46.4 Å². The smallest absolute Gasteiger partial charge is 0.321 e. The maximum atomic E-state index is 12.1. The second-order valence-electron chi connectivity index (χ2n) is 7.30. The summed E-state index contributed by atoms with van der Waals surface area (Å²) in [5, 5.41) is 5.26. The van der Waals surface area contributed by atoms with E-state index >= 15 is 0 Å². The number of hydrogen-bond acceptors (Lipinski definition) is 4. The summed E-state index contributed by atoms with van der Waals surface area (Å²) in [6.07, 6.45) is 3.04. The number of piperidine rings is 1. The zero-order valence-electron chi connectivity index (χ0n) is 16.9. The zero-order chi connectivity index (χ0) is 20.5. The van der Waals surface area contributed by atoms with E-state index in [0.29, 0.717) is 12.0 Å². The fourth-order valence-corrected chi connectivity index (χ4v) is 3.52. The number of likely N-dealkylation sites (tertiary alicyclic amines) is 1. The number of urea groups is 1. The fourth-order valence-electron chi connectivity index (χ4n) is 3.52. The number of hydrogen-bond donors (Lipinski definition) is 2. The number of imide groups is 1. The lowest BCUT2D eigenvalue weighted by Gasteiger charge is -2.32. The number of ketones is 1. The molecule has 3 amide bonds. The summed E-state index contributed by atoms with van der Waals surface area (Å²) in [6, 6.07) is 17.7. The highest BCUT2D eigenvalue weighted by Gasteiger charge is 2.21. The summed E-state index contributed by atoms with van der Waals surface area (Å²) >= 11 is 0. The van der Waals surface area contributed by atoms with E-state index in [2.05, 4.69) is 15.5 Å². The Hall–Kier alpha value is -2.70. The Morgan fingerprint density at radius 3 is 2.03 bits per heavy atom. The average Bonchev–Trinajstić information content (AvgIpc) is 2.76. The number of Topliss-reactive ketones (excluding diaryl/α,β-unsaturated/α-hetero) is 1. The summed E-state index contributed by atoms with van der Waals surface area (Å²) in [5.41, 5.74) is 1.23. The second-order valence-corrected chi connectivity index (χ2v) is 7.30. The summed E-state index contributed by atoms with van der Waals surface area (Å²) < 4.78 is 0. The van der Waals surface area contributed by atoms with E-state index in [1.807, 2.05) is 36.4 Å². The Morgan fingerprint density at radius 2 is 1.43 bits per heavy atom. The van der Waals surface area contributed by atoms with Crippen molar-refractivity contribution in [3.63, 3.8) is 0 Å². The van der Waals surface area contributed by atoms with Crippen LogP contribution in [0, 0.1) is 0 Å². The third-order valence-corrected chi connectivity index (χ3v) is 5.16. The normalized spacial score (nSPS) is 14.4. The number of rotatable bonds is 7. The predicted octanol–water partition coefficient (Wildman–Crippen LogP) is 3.68. The number of nitrogens with zero attached hydrogens (tertiary/aromatic N) is 1. The highest BCUT2D eigenvalue weighted by atomic mass is 35.5. The maximum absolute atomic E-state index is 12.1. The third-order valence-electron chi connectivity index (χ3n) is 5.16. The highest BCUT2D eigenvalue weighted by Crippen LogP contribution is 2.12. The molecule has 2 N–H and O–H groups in total. The molecule has 0 saturated carbocycles. The summed E-state index contributed by atoms with van der Waals surface area (Å²) in [7, 11) is 0. The van der Waals surface area contributed by atoms with E-state index in [-0.39, 0.29) is 24.2 Å². The van der Waals surface area contributed by atoms with Crippen LogP contribution < -0.4 is 10.6 Å². The Morgan fingerprint density at radius 1 is 0.867 bits per heavy atom. The molecule has 0 atom stereocenters. The van der Waals surface area contributed by atoms with E-state index in [1.54, 1.807) is 24.3 Å². The largest absolute Gasteiger partial charge is 0.335 e. The van der Waals surface area contributed by atoms with Crippen molar-refractivity contribution in [3.05, 3.63) is 71.8 Å². The van der Waals surface area contributed by atoms with Gasteiger partial charge in [-0.05, 0) is 37.9 Å². The standard InChI is InChI=1S/C23H27N3O3.ClH/c27-21(18-8-3-1-4-9-18)12-7-15-26-16-13-20(14-17-26)24-23(29)25-22(28)19-10-5-2-6-11-19;/h1-6,8-11,20H,7,12-17H2,(H2,24,25,28,29);1H. The molecule has 0 bridgehead atoms. The molecule has 0 spiro atoms. The van der Waals surface area contributed by atoms with Gasteiger partial charge in [-0.3, -0.25) is 14.9 Å². The molecule has 6 nitrogen and oxygen atoms in total. The summed E-state index contributed by atoms with van der Waals surface area (Å²) in [5.74, 6) is -0.217. The van der Waals surface area contributed by atoms with Crippen LogP contribution in [0.5, 0.6) is 0 Å². The average molecular weight is 430 g/mol. The van der Waals surface area contributed by atoms with Gasteiger partial charge in [-0.25, -0.2) is 4.79 Å². The van der Waals surface area contributed by atoms with E-state index in [4.69, 9.17) is 0 Å². The van der Waals surface area contributed by atoms with Crippen LogP contribution in [0.3, 0.4) is 0 Å². The van der Waals surface area contributed by atoms with Crippen molar-refractivity contribution in [2.24, 2.45) is 0 Å². The van der Waals surface area contributed by atoms with Crippen LogP contribution in [0.2, 0.25) is 0 Å². The van der Waals surface area contributed by atoms with Crippen molar-refractivity contribution in [2.45, 2.75) is 31.7 Å². The van der Waals surface area contributed by atoms with Gasteiger partial charge in [0.2, 0.25) is 0 Å². The molecule has 0 radical (unpaired) electrons. The topological polar surface area (TPSA) is 78.5 Å². The number of halogens is 1. The Balaban J connectivity index is 0.00000320. The first-order chi connectivity index (χ1) is 14.1. The van der Waals surface area contributed by atoms with Crippen molar-refractivity contribution in [1.82, 2.24) is 15.5 Å². The van der Waals surface area contributed by atoms with Crippen molar-refractivity contribution in [2.75, 3.05) is 19.6 Å². The first-order valence-electron chi connectivity index (χ1n) is 10.1. The molecule has 1 aliphatic rings. The van der Waals surface area contributed by atoms with Gasteiger partial charge in [0, 0.05) is 36.7 Å². The van der Waals surface area contributed by atoms with E-state index in [1.165, 1.54) is 0 Å². The van der Waals surface area contributed by atoms with Crippen molar-refractivity contribution in [1.29, 1.82) is 0 Å². The first-order valence-corrected chi connectivity index (χ1v) is 10.1. The van der Waals surface area contributed by atoms with E-state index in [9.17, 15) is 14.4 Å². The monoisotopic (exact) mass is 429 g/mol. The van der Waals surface area contributed by atoms with Crippen LogP contribution in [0.4, 0.5) is 4.79 Å². The number of nitrogens with one attached hydrogen (secondary N) is 2. The van der Waals surface area contributed by atoms with Gasteiger partial charge < -0.3 is 10.2 Å². The molecule has 3 rings (SSSR count). The fraction of sp³-hybridized carbons (Fsp3) is 0.348. The quantitative estimate of drug-likeness (QED) is 0.658. The predicted molar refractivity (Wildman–Crippen MR) is 119 cm³/mol. The van der Waals surface area contributed by atoms with Crippen molar-refractivity contribution in [3.8, 4) is 0 Å². The lowest BCUT2D eigenvalue weighted by molar-refractivity contribution is 0.0953. The molecule has 30 heavy (non-hydrogen) atoms. The SMILES string of the molecule is Cl.O=C(NC(=O)c1ccccc1)NC1CCN(CCCC(=O)c2ccccc2)CC1. The first kappa shape index (κ1) is 23.6. The highest BCUT2D eigenvalue weighted by molar-refractivity contribution is 6.04. The third kappa shape index (κ3) is 7.28.